The lowest BCUT2D eigenvalue weighted by atomic mass is 10.0. The standard InChI is InChI=1S/C31H35N5O.C2H6/c1-2-16-35-28-15-14-24(31(37)34-17-8-12-25(32)21-34)18-26(28)33-30(35)29-19-23-11-6-7-13-27(23)36(29)20-22-9-4-3-5-10-22;1-2/h3-7,9-11,13-15,18-19,25,30,33H,2,8,12,16-17,20-21,32H2,1H3;1-2H3. The zero-order valence-corrected chi connectivity index (χ0v) is 23.4. The Bertz CT molecular complexity index is 1410. The van der Waals surface area contributed by atoms with Gasteiger partial charge in [-0.05, 0) is 55.2 Å². The predicted octanol–water partition coefficient (Wildman–Crippen LogP) is 6.62. The number of benzene rings is 3. The number of fused-ring (bicyclic) bond motifs is 2. The average Bonchev–Trinajstić information content (AvgIpc) is 3.52. The van der Waals surface area contributed by atoms with Gasteiger partial charge in [0.2, 0.25) is 0 Å². The Labute approximate surface area is 232 Å². The van der Waals surface area contributed by atoms with E-state index in [0.29, 0.717) is 6.54 Å². The summed E-state index contributed by atoms with van der Waals surface area (Å²) in [5.74, 6) is 0.0726. The van der Waals surface area contributed by atoms with E-state index in [9.17, 15) is 4.79 Å². The smallest absolute Gasteiger partial charge is 0.253 e. The molecule has 0 bridgehead atoms. The zero-order chi connectivity index (χ0) is 27.4. The molecule has 1 aromatic heterocycles. The number of carbonyl (C=O) groups is 1. The molecule has 3 aromatic carbocycles. The summed E-state index contributed by atoms with van der Waals surface area (Å²) >= 11 is 0. The number of likely N-dealkylation sites (tertiary alicyclic amines) is 1. The van der Waals surface area contributed by atoms with Crippen LogP contribution in [-0.2, 0) is 6.54 Å². The number of rotatable bonds is 6. The van der Waals surface area contributed by atoms with Crippen molar-refractivity contribution in [1.29, 1.82) is 0 Å². The summed E-state index contributed by atoms with van der Waals surface area (Å²) < 4.78 is 2.43. The summed E-state index contributed by atoms with van der Waals surface area (Å²) in [6.07, 6.45) is 2.97. The Kier molecular flexibility index (Phi) is 8.22. The van der Waals surface area contributed by atoms with Gasteiger partial charge in [-0.3, -0.25) is 4.79 Å². The summed E-state index contributed by atoms with van der Waals surface area (Å²) in [7, 11) is 0. The fourth-order valence-corrected chi connectivity index (χ4v) is 5.90. The molecule has 1 fully saturated rings. The summed E-state index contributed by atoms with van der Waals surface area (Å²) in [4.78, 5) is 17.7. The van der Waals surface area contributed by atoms with Gasteiger partial charge in [0, 0.05) is 48.7 Å². The van der Waals surface area contributed by atoms with Gasteiger partial charge < -0.3 is 25.4 Å². The Morgan fingerprint density at radius 3 is 2.54 bits per heavy atom. The maximum atomic E-state index is 13.3. The van der Waals surface area contributed by atoms with Crippen molar-refractivity contribution in [3.63, 3.8) is 0 Å². The molecule has 6 heteroatoms. The van der Waals surface area contributed by atoms with Gasteiger partial charge in [-0.15, -0.1) is 0 Å². The van der Waals surface area contributed by atoms with Crippen molar-refractivity contribution in [3.8, 4) is 0 Å². The number of carbonyl (C=O) groups excluding carboxylic acids is 1. The molecule has 3 heterocycles. The third-order valence-corrected chi connectivity index (χ3v) is 7.67. The van der Waals surface area contributed by atoms with Gasteiger partial charge in [0.05, 0.1) is 17.1 Å². The molecule has 1 amide bonds. The first-order valence-electron chi connectivity index (χ1n) is 14.5. The predicted molar refractivity (Wildman–Crippen MR) is 162 cm³/mol. The molecule has 1 saturated heterocycles. The molecule has 4 aromatic rings. The molecule has 39 heavy (non-hydrogen) atoms. The van der Waals surface area contributed by atoms with Crippen LogP contribution in [-0.4, -0.2) is 41.1 Å². The molecule has 2 atom stereocenters. The van der Waals surface area contributed by atoms with Gasteiger partial charge in [0.25, 0.3) is 5.91 Å². The van der Waals surface area contributed by atoms with E-state index < -0.39 is 0 Å². The summed E-state index contributed by atoms with van der Waals surface area (Å²) in [5, 5.41) is 5.03. The Morgan fingerprint density at radius 1 is 1.00 bits per heavy atom. The van der Waals surface area contributed by atoms with E-state index in [0.717, 1.165) is 55.8 Å². The molecule has 0 aliphatic carbocycles. The van der Waals surface area contributed by atoms with Gasteiger partial charge in [-0.25, -0.2) is 0 Å². The number of nitrogens with zero attached hydrogens (tertiary/aromatic N) is 3. The van der Waals surface area contributed by atoms with Crippen LogP contribution in [0.15, 0.2) is 78.9 Å². The number of nitrogens with two attached hydrogens (primary N) is 1. The minimum absolute atomic E-state index is 0.0141. The second-order valence-corrected chi connectivity index (χ2v) is 10.3. The third-order valence-electron chi connectivity index (χ3n) is 7.67. The fraction of sp³-hybridized carbons (Fsp3) is 0.364. The van der Waals surface area contributed by atoms with Crippen molar-refractivity contribution >= 4 is 28.2 Å². The molecule has 6 rings (SSSR count). The van der Waals surface area contributed by atoms with Gasteiger partial charge >= 0.3 is 0 Å². The molecule has 6 nitrogen and oxygen atoms in total. The van der Waals surface area contributed by atoms with Crippen LogP contribution in [0.3, 0.4) is 0 Å². The van der Waals surface area contributed by atoms with Crippen molar-refractivity contribution < 1.29 is 4.79 Å². The van der Waals surface area contributed by atoms with E-state index in [-0.39, 0.29) is 18.1 Å². The first-order chi connectivity index (χ1) is 19.1. The summed E-state index contributed by atoms with van der Waals surface area (Å²) in [6.45, 7) is 9.35. The molecule has 2 aliphatic rings. The molecule has 0 spiro atoms. The Hall–Kier alpha value is -3.77. The molecule has 0 radical (unpaired) electrons. The molecular formula is C33H41N5O. The van der Waals surface area contributed by atoms with Crippen molar-refractivity contribution in [2.45, 2.75) is 58.8 Å². The summed E-state index contributed by atoms with van der Waals surface area (Å²) in [6, 6.07) is 27.7. The first-order valence-corrected chi connectivity index (χ1v) is 14.5. The number of amides is 1. The quantitative estimate of drug-likeness (QED) is 0.298. The fourth-order valence-electron chi connectivity index (χ4n) is 5.90. The number of nitrogens with one attached hydrogen (secondary N) is 1. The van der Waals surface area contributed by atoms with Crippen molar-refractivity contribution in [2.75, 3.05) is 29.9 Å². The van der Waals surface area contributed by atoms with Crippen LogP contribution in [0, 0.1) is 0 Å². The normalized spacial score (nSPS) is 18.4. The van der Waals surface area contributed by atoms with Crippen molar-refractivity contribution in [1.82, 2.24) is 9.47 Å². The van der Waals surface area contributed by atoms with E-state index in [2.05, 4.69) is 88.4 Å². The van der Waals surface area contributed by atoms with Gasteiger partial charge in [0.1, 0.15) is 6.17 Å². The first kappa shape index (κ1) is 26.8. The molecule has 3 N–H and O–H groups in total. The highest BCUT2D eigenvalue weighted by Crippen LogP contribution is 2.43. The van der Waals surface area contributed by atoms with E-state index in [1.165, 1.54) is 22.2 Å². The van der Waals surface area contributed by atoms with Crippen LogP contribution < -0.4 is 16.0 Å². The second kappa shape index (κ2) is 12.0. The number of aromatic nitrogens is 1. The topological polar surface area (TPSA) is 66.5 Å². The maximum Gasteiger partial charge on any atom is 0.253 e. The molecule has 0 saturated carbocycles. The highest BCUT2D eigenvalue weighted by atomic mass is 16.2. The van der Waals surface area contributed by atoms with Crippen molar-refractivity contribution in [3.05, 3.63) is 95.7 Å². The molecule has 2 unspecified atom stereocenters. The lowest BCUT2D eigenvalue weighted by Gasteiger charge is -2.31. The molecule has 2 aliphatic heterocycles. The van der Waals surface area contributed by atoms with Crippen LogP contribution >= 0.6 is 0 Å². The van der Waals surface area contributed by atoms with Gasteiger partial charge in [0.15, 0.2) is 0 Å². The van der Waals surface area contributed by atoms with Crippen LogP contribution in [0.25, 0.3) is 10.9 Å². The SMILES string of the molecule is CC.CCCN1c2ccc(C(=O)N3CCCC(N)C3)cc2NC1c1cc2ccccc2n1Cc1ccccc1. The largest absolute Gasteiger partial charge is 0.359 e. The van der Waals surface area contributed by atoms with Crippen LogP contribution in [0.2, 0.25) is 0 Å². The zero-order valence-electron chi connectivity index (χ0n) is 23.4. The average molecular weight is 524 g/mol. The van der Waals surface area contributed by atoms with E-state index in [4.69, 9.17) is 5.73 Å². The number of para-hydroxylation sites is 1. The molecule has 204 valence electrons. The minimum Gasteiger partial charge on any atom is -0.359 e. The number of anilines is 2. The Morgan fingerprint density at radius 2 is 1.77 bits per heavy atom. The summed E-state index contributed by atoms with van der Waals surface area (Å²) in [5.41, 5.74) is 12.8. The number of piperidine rings is 1. The highest BCUT2D eigenvalue weighted by molar-refractivity contribution is 5.97. The lowest BCUT2D eigenvalue weighted by molar-refractivity contribution is 0.0709. The van der Waals surface area contributed by atoms with E-state index >= 15 is 0 Å². The second-order valence-electron chi connectivity index (χ2n) is 10.3. The molecular weight excluding hydrogens is 482 g/mol. The maximum absolute atomic E-state index is 13.3. The van der Waals surface area contributed by atoms with Crippen LogP contribution in [0.1, 0.15) is 67.8 Å². The Balaban J connectivity index is 0.00000151. The monoisotopic (exact) mass is 523 g/mol. The third kappa shape index (κ3) is 5.39. The minimum atomic E-state index is -0.0141. The van der Waals surface area contributed by atoms with Crippen LogP contribution in [0.5, 0.6) is 0 Å². The lowest BCUT2D eigenvalue weighted by Crippen LogP contribution is -2.45. The number of hydrogen-bond donors (Lipinski definition) is 2. The van der Waals surface area contributed by atoms with Crippen molar-refractivity contribution in [2.24, 2.45) is 5.73 Å². The highest BCUT2D eigenvalue weighted by Gasteiger charge is 2.33. The van der Waals surface area contributed by atoms with Gasteiger partial charge in [-0.2, -0.15) is 0 Å². The number of hydrogen-bond acceptors (Lipinski definition) is 4. The van der Waals surface area contributed by atoms with E-state index in [1.807, 2.05) is 30.9 Å². The van der Waals surface area contributed by atoms with Gasteiger partial charge in [-0.1, -0.05) is 69.3 Å². The van der Waals surface area contributed by atoms with Crippen LogP contribution in [0.4, 0.5) is 11.4 Å². The van der Waals surface area contributed by atoms with E-state index in [1.54, 1.807) is 0 Å².